The van der Waals surface area contributed by atoms with E-state index in [4.69, 9.17) is 0 Å². The minimum Gasteiger partial charge on any atom is -0.459 e. The van der Waals surface area contributed by atoms with Gasteiger partial charge in [0.2, 0.25) is 0 Å². The molecule has 0 aromatic heterocycles. The summed E-state index contributed by atoms with van der Waals surface area (Å²) in [4.78, 5) is 21.1. The first-order valence-corrected chi connectivity index (χ1v) is 5.84. The summed E-state index contributed by atoms with van der Waals surface area (Å²) in [5, 5.41) is 0. The second-order valence-electron chi connectivity index (χ2n) is 2.05. The third kappa shape index (κ3) is 9.03. The number of rotatable bonds is 5. The van der Waals surface area contributed by atoms with Crippen molar-refractivity contribution in [1.29, 1.82) is 0 Å². The highest BCUT2D eigenvalue weighted by Gasteiger charge is 2.11. The van der Waals surface area contributed by atoms with Gasteiger partial charge in [-0.05, 0) is 0 Å². The lowest BCUT2D eigenvalue weighted by Gasteiger charge is -2.04. The molecule has 15 heavy (non-hydrogen) atoms. The number of hydrogen-bond acceptors (Lipinski definition) is 6. The van der Waals surface area contributed by atoms with Gasteiger partial charge < -0.3 is 9.47 Å². The molecule has 0 rings (SSSR count). The smallest absolute Gasteiger partial charge is 0.421 e. The van der Waals surface area contributed by atoms with E-state index in [9.17, 15) is 18.0 Å². The van der Waals surface area contributed by atoms with Crippen molar-refractivity contribution in [3.05, 3.63) is 12.7 Å². The molecule has 0 radical (unpaired) electrons. The van der Waals surface area contributed by atoms with E-state index in [1.54, 1.807) is 0 Å². The summed E-state index contributed by atoms with van der Waals surface area (Å²) in [6.07, 6.45) is -0.316. The van der Waals surface area contributed by atoms with E-state index < -0.39 is 21.3 Å². The number of nitrogens with one attached hydrogen (secondary N) is 1. The largest absolute Gasteiger partial charge is 0.459 e. The van der Waals surface area contributed by atoms with Gasteiger partial charge in [0.05, 0.1) is 0 Å². The van der Waals surface area contributed by atoms with Gasteiger partial charge in [-0.15, -0.1) is 0 Å². The Labute approximate surface area is 90.5 Å². The van der Waals surface area contributed by atoms with Crippen molar-refractivity contribution < 1.29 is 27.5 Å². The van der Waals surface area contributed by atoms with Crippen LogP contribution in [0.4, 0.5) is 4.79 Å². The lowest BCUT2D eigenvalue weighted by atomic mass is 10.6. The van der Waals surface area contributed by atoms with Crippen molar-refractivity contribution in [3.63, 3.8) is 0 Å². The van der Waals surface area contributed by atoms with Gasteiger partial charge in [-0.3, -0.25) is 0 Å². The maximum Gasteiger partial charge on any atom is 0.421 e. The van der Waals surface area contributed by atoms with E-state index in [-0.39, 0.29) is 13.2 Å². The van der Waals surface area contributed by atoms with Gasteiger partial charge in [0, 0.05) is 16.8 Å². The normalized spacial score (nSPS) is 10.2. The highest BCUT2D eigenvalue weighted by atomic mass is 35.7. The third-order valence-corrected chi connectivity index (χ3v) is 1.57. The van der Waals surface area contributed by atoms with Gasteiger partial charge in [0.15, 0.2) is 0 Å². The predicted octanol–water partition coefficient (Wildman–Crippen LogP) is -0.0746. The number of amides is 1. The molecule has 0 aromatic carbocycles. The second-order valence-corrected chi connectivity index (χ2v) is 4.35. The molecule has 0 fully saturated rings. The van der Waals surface area contributed by atoms with Gasteiger partial charge in [0.25, 0.3) is 0 Å². The summed E-state index contributed by atoms with van der Waals surface area (Å²) in [7, 11) is 0.518. The standard InChI is InChI=1S/C6H8ClNO6S/c1-2-5(9)13-3-4-14-6(10)8-15(7,11)12/h2H,1,3-4H2,(H,8,10). The van der Waals surface area contributed by atoms with Crippen LogP contribution < -0.4 is 4.72 Å². The molecule has 0 aliphatic carbocycles. The minimum absolute atomic E-state index is 0.208. The van der Waals surface area contributed by atoms with Gasteiger partial charge in [-0.2, -0.15) is 8.42 Å². The molecule has 0 aromatic rings. The highest BCUT2D eigenvalue weighted by molar-refractivity contribution is 8.12. The van der Waals surface area contributed by atoms with Crippen molar-refractivity contribution >= 4 is 32.0 Å². The van der Waals surface area contributed by atoms with Crippen LogP contribution >= 0.6 is 10.7 Å². The van der Waals surface area contributed by atoms with E-state index in [1.807, 2.05) is 0 Å². The Morgan fingerprint density at radius 3 is 2.33 bits per heavy atom. The quantitative estimate of drug-likeness (QED) is 0.320. The zero-order chi connectivity index (χ0) is 11.9. The SMILES string of the molecule is C=CC(=O)OCCOC(=O)NS(=O)(=O)Cl. The summed E-state index contributed by atoms with van der Waals surface area (Å²) in [6, 6.07) is 0. The molecule has 0 spiro atoms. The zero-order valence-electron chi connectivity index (χ0n) is 7.43. The molecule has 0 bridgehead atoms. The van der Waals surface area contributed by atoms with Crippen LogP contribution in [-0.4, -0.2) is 33.7 Å². The maximum atomic E-state index is 10.6. The van der Waals surface area contributed by atoms with Gasteiger partial charge in [0.1, 0.15) is 13.2 Å². The monoisotopic (exact) mass is 257 g/mol. The molecule has 0 saturated heterocycles. The Balaban J connectivity index is 3.65. The fourth-order valence-corrected chi connectivity index (χ4v) is 0.912. The molecule has 1 amide bonds. The van der Waals surface area contributed by atoms with Crippen LogP contribution in [0.5, 0.6) is 0 Å². The Hall–Kier alpha value is -1.28. The topological polar surface area (TPSA) is 98.8 Å². The number of carbonyl (C=O) groups is 2. The van der Waals surface area contributed by atoms with Crippen LogP contribution in [0.25, 0.3) is 0 Å². The highest BCUT2D eigenvalue weighted by Crippen LogP contribution is 1.91. The average molecular weight is 258 g/mol. The molecule has 0 heterocycles. The average Bonchev–Trinajstić information content (AvgIpc) is 2.09. The van der Waals surface area contributed by atoms with E-state index in [2.05, 4.69) is 26.7 Å². The molecular weight excluding hydrogens is 250 g/mol. The van der Waals surface area contributed by atoms with Crippen LogP contribution in [-0.2, 0) is 23.5 Å². The number of hydrogen-bond donors (Lipinski definition) is 1. The molecular formula is C6H8ClNO6S. The Bertz CT molecular complexity index is 351. The minimum atomic E-state index is -4.16. The van der Waals surface area contributed by atoms with Crippen molar-refractivity contribution in [2.24, 2.45) is 0 Å². The van der Waals surface area contributed by atoms with Gasteiger partial charge in [-0.1, -0.05) is 6.58 Å². The van der Waals surface area contributed by atoms with E-state index in [0.29, 0.717) is 0 Å². The summed E-state index contributed by atoms with van der Waals surface area (Å²) in [6.45, 7) is 2.63. The van der Waals surface area contributed by atoms with Crippen molar-refractivity contribution in [2.45, 2.75) is 0 Å². The number of halogens is 1. The second kappa shape index (κ2) is 6.25. The predicted molar refractivity (Wildman–Crippen MR) is 50.4 cm³/mol. The van der Waals surface area contributed by atoms with Crippen LogP contribution in [0, 0.1) is 0 Å². The Morgan fingerprint density at radius 1 is 1.33 bits per heavy atom. The van der Waals surface area contributed by atoms with Crippen molar-refractivity contribution in [1.82, 2.24) is 4.72 Å². The fraction of sp³-hybridized carbons (Fsp3) is 0.333. The van der Waals surface area contributed by atoms with E-state index in [0.717, 1.165) is 6.08 Å². The maximum absolute atomic E-state index is 10.6. The summed E-state index contributed by atoms with van der Waals surface area (Å²) in [5.41, 5.74) is 0. The Kier molecular flexibility index (Phi) is 5.72. The van der Waals surface area contributed by atoms with Crippen LogP contribution in [0.15, 0.2) is 12.7 Å². The lowest BCUT2D eigenvalue weighted by Crippen LogP contribution is -2.28. The summed E-state index contributed by atoms with van der Waals surface area (Å²) < 4.78 is 30.6. The molecule has 0 unspecified atom stereocenters. The molecule has 0 aliphatic rings. The third-order valence-electron chi connectivity index (χ3n) is 0.933. The Morgan fingerprint density at radius 2 is 1.87 bits per heavy atom. The molecule has 1 N–H and O–H groups in total. The summed E-state index contributed by atoms with van der Waals surface area (Å²) >= 11 is 0. The summed E-state index contributed by atoms with van der Waals surface area (Å²) in [5.74, 6) is -0.677. The first-order chi connectivity index (χ1) is 6.85. The lowest BCUT2D eigenvalue weighted by molar-refractivity contribution is -0.138. The van der Waals surface area contributed by atoms with Crippen molar-refractivity contribution in [2.75, 3.05) is 13.2 Å². The zero-order valence-corrected chi connectivity index (χ0v) is 9.01. The van der Waals surface area contributed by atoms with Crippen LogP contribution in [0.1, 0.15) is 0 Å². The number of ether oxygens (including phenoxy) is 2. The first kappa shape index (κ1) is 13.7. The number of carbonyl (C=O) groups excluding carboxylic acids is 2. The van der Waals surface area contributed by atoms with Gasteiger partial charge in [-0.25, -0.2) is 14.3 Å². The van der Waals surface area contributed by atoms with E-state index >= 15 is 0 Å². The van der Waals surface area contributed by atoms with Crippen LogP contribution in [0.2, 0.25) is 0 Å². The molecule has 86 valence electrons. The van der Waals surface area contributed by atoms with Crippen molar-refractivity contribution in [3.8, 4) is 0 Å². The molecule has 7 nitrogen and oxygen atoms in total. The number of esters is 1. The first-order valence-electron chi connectivity index (χ1n) is 3.53. The molecule has 0 aliphatic heterocycles. The molecule has 0 atom stereocenters. The van der Waals surface area contributed by atoms with E-state index in [1.165, 1.54) is 4.72 Å². The van der Waals surface area contributed by atoms with Crippen LogP contribution in [0.3, 0.4) is 0 Å². The molecule has 0 saturated carbocycles. The molecule has 9 heteroatoms. The van der Waals surface area contributed by atoms with Gasteiger partial charge >= 0.3 is 21.3 Å². The fourth-order valence-electron chi connectivity index (χ4n) is 0.465.